The SMILES string of the molecule is COc1ccc(OCCC(C)(C)C(N)=NO)cc1. The molecule has 1 rings (SSSR count). The van der Waals surface area contributed by atoms with Gasteiger partial charge in [0.15, 0.2) is 0 Å². The van der Waals surface area contributed by atoms with Crippen molar-refractivity contribution < 1.29 is 14.7 Å². The van der Waals surface area contributed by atoms with Gasteiger partial charge < -0.3 is 20.4 Å². The number of rotatable bonds is 6. The molecule has 18 heavy (non-hydrogen) atoms. The zero-order valence-electron chi connectivity index (χ0n) is 11.0. The van der Waals surface area contributed by atoms with Crippen LogP contribution in [0.5, 0.6) is 11.5 Å². The number of benzene rings is 1. The number of oxime groups is 1. The summed E-state index contributed by atoms with van der Waals surface area (Å²) in [4.78, 5) is 0. The van der Waals surface area contributed by atoms with Gasteiger partial charge >= 0.3 is 0 Å². The molecule has 0 atom stereocenters. The number of nitrogens with two attached hydrogens (primary N) is 1. The summed E-state index contributed by atoms with van der Waals surface area (Å²) < 4.78 is 10.6. The summed E-state index contributed by atoms with van der Waals surface area (Å²) in [6.07, 6.45) is 0.662. The number of nitrogens with zero attached hydrogens (tertiary/aromatic N) is 1. The molecule has 1 aromatic carbocycles. The van der Waals surface area contributed by atoms with Gasteiger partial charge in [-0.2, -0.15) is 0 Å². The fourth-order valence-corrected chi connectivity index (χ4v) is 1.36. The van der Waals surface area contributed by atoms with Crippen molar-refractivity contribution in [1.82, 2.24) is 0 Å². The molecule has 1 aromatic rings. The Morgan fingerprint density at radius 3 is 2.33 bits per heavy atom. The van der Waals surface area contributed by atoms with Crippen LogP contribution in [-0.4, -0.2) is 24.8 Å². The van der Waals surface area contributed by atoms with E-state index in [4.69, 9.17) is 20.4 Å². The van der Waals surface area contributed by atoms with E-state index in [0.29, 0.717) is 13.0 Å². The van der Waals surface area contributed by atoms with Crippen molar-refractivity contribution in [3.05, 3.63) is 24.3 Å². The van der Waals surface area contributed by atoms with Crippen molar-refractivity contribution in [3.8, 4) is 11.5 Å². The van der Waals surface area contributed by atoms with Crippen LogP contribution >= 0.6 is 0 Å². The fourth-order valence-electron chi connectivity index (χ4n) is 1.36. The topological polar surface area (TPSA) is 77.1 Å². The Labute approximate surface area is 107 Å². The highest BCUT2D eigenvalue weighted by Crippen LogP contribution is 2.22. The third-order valence-corrected chi connectivity index (χ3v) is 2.86. The molecule has 0 aliphatic carbocycles. The van der Waals surface area contributed by atoms with E-state index in [-0.39, 0.29) is 11.3 Å². The molecule has 0 fully saturated rings. The summed E-state index contributed by atoms with van der Waals surface area (Å²) in [6.45, 7) is 4.30. The van der Waals surface area contributed by atoms with Gasteiger partial charge in [-0.1, -0.05) is 19.0 Å². The van der Waals surface area contributed by atoms with E-state index in [2.05, 4.69) is 5.16 Å². The van der Waals surface area contributed by atoms with Gasteiger partial charge in [0.25, 0.3) is 0 Å². The first-order valence-corrected chi connectivity index (χ1v) is 5.74. The largest absolute Gasteiger partial charge is 0.497 e. The van der Waals surface area contributed by atoms with Crippen LogP contribution in [0.1, 0.15) is 20.3 Å². The maximum absolute atomic E-state index is 8.65. The van der Waals surface area contributed by atoms with Crippen molar-refractivity contribution in [2.24, 2.45) is 16.3 Å². The van der Waals surface area contributed by atoms with Crippen molar-refractivity contribution in [2.75, 3.05) is 13.7 Å². The van der Waals surface area contributed by atoms with Gasteiger partial charge in [0.2, 0.25) is 0 Å². The highest BCUT2D eigenvalue weighted by Gasteiger charge is 2.23. The molecule has 0 bridgehead atoms. The molecule has 0 spiro atoms. The molecule has 0 saturated heterocycles. The number of ether oxygens (including phenoxy) is 2. The maximum Gasteiger partial charge on any atom is 0.144 e. The summed E-state index contributed by atoms with van der Waals surface area (Å²) in [5.41, 5.74) is 5.21. The average Bonchev–Trinajstić information content (AvgIpc) is 2.38. The van der Waals surface area contributed by atoms with Crippen molar-refractivity contribution in [3.63, 3.8) is 0 Å². The van der Waals surface area contributed by atoms with Crippen molar-refractivity contribution in [2.45, 2.75) is 20.3 Å². The third kappa shape index (κ3) is 3.84. The van der Waals surface area contributed by atoms with Crippen LogP contribution in [-0.2, 0) is 0 Å². The second kappa shape index (κ2) is 6.14. The minimum absolute atomic E-state index is 0.209. The molecule has 0 radical (unpaired) electrons. The van der Waals surface area contributed by atoms with Gasteiger partial charge in [0.1, 0.15) is 17.3 Å². The van der Waals surface area contributed by atoms with Crippen molar-refractivity contribution in [1.29, 1.82) is 0 Å². The summed E-state index contributed by atoms with van der Waals surface area (Å²) in [5.74, 6) is 1.77. The molecule has 3 N–H and O–H groups in total. The lowest BCUT2D eigenvalue weighted by Gasteiger charge is -2.22. The molecule has 0 amide bonds. The lowest BCUT2D eigenvalue weighted by molar-refractivity contribution is 0.259. The number of hydrogen-bond acceptors (Lipinski definition) is 4. The van der Waals surface area contributed by atoms with Crippen LogP contribution in [0.3, 0.4) is 0 Å². The van der Waals surface area contributed by atoms with Crippen LogP contribution in [0.2, 0.25) is 0 Å². The maximum atomic E-state index is 8.65. The van der Waals surface area contributed by atoms with Gasteiger partial charge in [-0.25, -0.2) is 0 Å². The van der Waals surface area contributed by atoms with E-state index in [1.165, 1.54) is 0 Å². The lowest BCUT2D eigenvalue weighted by atomic mass is 9.88. The second-order valence-corrected chi connectivity index (χ2v) is 4.64. The van der Waals surface area contributed by atoms with E-state index in [0.717, 1.165) is 11.5 Å². The predicted octanol–water partition coefficient (Wildman–Crippen LogP) is 2.24. The highest BCUT2D eigenvalue weighted by atomic mass is 16.5. The van der Waals surface area contributed by atoms with E-state index in [1.807, 2.05) is 38.1 Å². The highest BCUT2D eigenvalue weighted by molar-refractivity contribution is 5.85. The lowest BCUT2D eigenvalue weighted by Crippen LogP contribution is -2.33. The second-order valence-electron chi connectivity index (χ2n) is 4.64. The number of hydrogen-bond donors (Lipinski definition) is 2. The predicted molar refractivity (Wildman–Crippen MR) is 70.3 cm³/mol. The third-order valence-electron chi connectivity index (χ3n) is 2.86. The molecule has 5 nitrogen and oxygen atoms in total. The fraction of sp³-hybridized carbons (Fsp3) is 0.462. The molecule has 0 aliphatic heterocycles. The van der Waals surface area contributed by atoms with Gasteiger partial charge in [0, 0.05) is 5.41 Å². The zero-order valence-corrected chi connectivity index (χ0v) is 11.0. The first-order valence-electron chi connectivity index (χ1n) is 5.74. The Morgan fingerprint density at radius 2 is 1.83 bits per heavy atom. The Bertz CT molecular complexity index is 399. The molecule has 100 valence electrons. The summed E-state index contributed by atoms with van der Waals surface area (Å²) in [5, 5.41) is 11.7. The molecule has 0 heterocycles. The zero-order chi connectivity index (χ0) is 13.6. The standard InChI is InChI=1S/C13H20N2O3/c1-13(2,12(14)15-16)8-9-18-11-6-4-10(17-3)5-7-11/h4-7,16H,8-9H2,1-3H3,(H2,14,15). The van der Waals surface area contributed by atoms with Crippen LogP contribution in [0.15, 0.2) is 29.4 Å². The Balaban J connectivity index is 2.46. The molecule has 5 heteroatoms. The van der Waals surface area contributed by atoms with Gasteiger partial charge in [0.05, 0.1) is 13.7 Å². The van der Waals surface area contributed by atoms with Gasteiger partial charge in [-0.15, -0.1) is 0 Å². The first kappa shape index (κ1) is 14.2. The molecule has 0 aliphatic rings. The first-order chi connectivity index (χ1) is 8.49. The minimum Gasteiger partial charge on any atom is -0.497 e. The van der Waals surface area contributed by atoms with Crippen LogP contribution in [0.25, 0.3) is 0 Å². The Kier molecular flexibility index (Phi) is 4.83. The normalized spacial score (nSPS) is 12.3. The van der Waals surface area contributed by atoms with E-state index in [9.17, 15) is 0 Å². The number of amidine groups is 1. The molecule has 0 aromatic heterocycles. The number of methoxy groups -OCH3 is 1. The molecular formula is C13H20N2O3. The Hall–Kier alpha value is -1.91. The smallest absolute Gasteiger partial charge is 0.144 e. The molecule has 0 unspecified atom stereocenters. The quantitative estimate of drug-likeness (QED) is 0.352. The summed E-state index contributed by atoms with van der Waals surface area (Å²) in [7, 11) is 1.62. The van der Waals surface area contributed by atoms with Crippen molar-refractivity contribution >= 4 is 5.84 Å². The van der Waals surface area contributed by atoms with Crippen LogP contribution < -0.4 is 15.2 Å². The van der Waals surface area contributed by atoms with Crippen LogP contribution in [0, 0.1) is 5.41 Å². The summed E-state index contributed by atoms with van der Waals surface area (Å²) >= 11 is 0. The average molecular weight is 252 g/mol. The van der Waals surface area contributed by atoms with Crippen LogP contribution in [0.4, 0.5) is 0 Å². The van der Waals surface area contributed by atoms with E-state index in [1.54, 1.807) is 7.11 Å². The van der Waals surface area contributed by atoms with E-state index < -0.39 is 0 Å². The Morgan fingerprint density at radius 1 is 1.28 bits per heavy atom. The monoisotopic (exact) mass is 252 g/mol. The summed E-state index contributed by atoms with van der Waals surface area (Å²) in [6, 6.07) is 7.36. The van der Waals surface area contributed by atoms with Gasteiger partial charge in [-0.3, -0.25) is 0 Å². The van der Waals surface area contributed by atoms with E-state index >= 15 is 0 Å². The minimum atomic E-state index is -0.388. The van der Waals surface area contributed by atoms with Gasteiger partial charge in [-0.05, 0) is 30.7 Å². The molecular weight excluding hydrogens is 232 g/mol. The molecule has 0 saturated carbocycles.